The first-order chi connectivity index (χ1) is 45.8. The minimum atomic E-state index is -4.49. The number of thiol groups is 2. The maximum Gasteiger partial charge on any atom is 0.386 e. The van der Waals surface area contributed by atoms with Gasteiger partial charge in [-0.1, -0.05) is 97.0 Å². The van der Waals surface area contributed by atoms with E-state index in [-0.39, 0.29) is 61.9 Å². The summed E-state index contributed by atoms with van der Waals surface area (Å²) in [7, 11) is 0. The zero-order chi connectivity index (χ0) is 66.4. The van der Waals surface area contributed by atoms with Crippen LogP contribution in [0.15, 0.2) is 104 Å². The van der Waals surface area contributed by atoms with Gasteiger partial charge in [-0.05, 0) is 47.7 Å². The van der Waals surface area contributed by atoms with E-state index >= 15 is 0 Å². The second kappa shape index (κ2) is 29.4. The van der Waals surface area contributed by atoms with E-state index in [2.05, 4.69) is 93.2 Å². The number of nitrogens with zero attached hydrogens (tertiary/aromatic N) is 8. The summed E-state index contributed by atoms with van der Waals surface area (Å²) in [6.07, 6.45) is -4.48. The van der Waals surface area contributed by atoms with Gasteiger partial charge in [0.05, 0.1) is 69.1 Å². The quantitative estimate of drug-likeness (QED) is 0.0183. The van der Waals surface area contributed by atoms with Crippen molar-refractivity contribution in [1.29, 1.82) is 0 Å². The van der Waals surface area contributed by atoms with Crippen molar-refractivity contribution in [1.82, 2.24) is 60.6 Å². The molecular formula is C60H64N14O17P2S2. The Labute approximate surface area is 551 Å². The first kappa shape index (κ1) is 66.8. The number of hydrogen-bond acceptors (Lipinski definition) is 23. The molecule has 11 atom stereocenters. The SMILES string of the molecule is O=C(CCC(=O)N1Cc2ccccc2C#Cc2ccccc21)NCC(=O)NCC(=O)N[C@@H](Cc1ccccc1)C(=O)NCC(=O)NCOCc1ncnc2c1ncn2[C@@H]1O[C@@H]2COP(=O)(S)O[C@H]3[C@@H](O)[C@H](n4cc5c6c(ncnc64)NCCC5)O[C@@H]3COP(=O)(S)O[C@@H]1[C@@H]2O. The maximum absolute atomic E-state index is 14.1. The van der Waals surface area contributed by atoms with Crippen LogP contribution in [0.4, 0.5) is 11.5 Å². The van der Waals surface area contributed by atoms with E-state index in [0.717, 1.165) is 28.5 Å². The van der Waals surface area contributed by atoms with Gasteiger partial charge < -0.3 is 65.8 Å². The van der Waals surface area contributed by atoms with Gasteiger partial charge in [0.1, 0.15) is 79.0 Å². The van der Waals surface area contributed by atoms with Crippen LogP contribution in [0.25, 0.3) is 22.2 Å². The van der Waals surface area contributed by atoms with E-state index in [1.54, 1.807) is 58.1 Å². The molecule has 5 aliphatic heterocycles. The molecule has 4 aromatic heterocycles. The van der Waals surface area contributed by atoms with Crippen LogP contribution in [0.3, 0.4) is 0 Å². The molecule has 3 saturated heterocycles. The van der Waals surface area contributed by atoms with Gasteiger partial charge in [-0.2, -0.15) is 0 Å². The number of benzene rings is 3. The van der Waals surface area contributed by atoms with Gasteiger partial charge in [0.15, 0.2) is 18.1 Å². The number of nitrogens with one attached hydrogen (secondary N) is 6. The molecule has 3 aromatic carbocycles. The van der Waals surface area contributed by atoms with Crippen molar-refractivity contribution in [2.24, 2.45) is 0 Å². The number of anilines is 2. The molecule has 498 valence electrons. The Bertz CT molecular complexity index is 4240. The van der Waals surface area contributed by atoms with Crippen molar-refractivity contribution in [3.05, 3.63) is 138 Å². The predicted octanol–water partition coefficient (Wildman–Crippen LogP) is 2.43. The van der Waals surface area contributed by atoms with Crippen molar-refractivity contribution in [3.8, 4) is 11.8 Å². The number of fused-ring (bicyclic) bond motifs is 6. The fourth-order valence-corrected chi connectivity index (χ4v) is 14.4. The predicted molar refractivity (Wildman–Crippen MR) is 343 cm³/mol. The number of aryl methyl sites for hydroxylation is 1. The van der Waals surface area contributed by atoms with E-state index in [9.17, 15) is 48.1 Å². The molecule has 2 bridgehead atoms. The number of aliphatic hydroxyl groups excluding tert-OH is 2. The van der Waals surface area contributed by atoms with E-state index < -0.39 is 131 Å². The van der Waals surface area contributed by atoms with Crippen LogP contribution >= 0.6 is 38.1 Å². The molecule has 2 unspecified atom stereocenters. The normalized spacial score (nSPS) is 24.9. The van der Waals surface area contributed by atoms with E-state index in [4.69, 9.17) is 32.3 Å². The molecular weight excluding hydrogens is 1310 g/mol. The largest absolute Gasteiger partial charge is 0.387 e. The molecule has 5 aliphatic rings. The number of para-hydroxylation sites is 1. The van der Waals surface area contributed by atoms with E-state index in [1.165, 1.54) is 23.5 Å². The van der Waals surface area contributed by atoms with Crippen LogP contribution in [-0.2, 0) is 96.2 Å². The van der Waals surface area contributed by atoms with Gasteiger partial charge in [-0.15, -0.1) is 0 Å². The second-order valence-electron chi connectivity index (χ2n) is 22.5. The molecule has 3 fully saturated rings. The van der Waals surface area contributed by atoms with Gasteiger partial charge >= 0.3 is 13.6 Å². The number of aromatic nitrogens is 7. The van der Waals surface area contributed by atoms with Crippen LogP contribution in [0, 0.1) is 11.8 Å². The lowest BCUT2D eigenvalue weighted by Crippen LogP contribution is -2.52. The number of aliphatic hydroxyl groups is 2. The first-order valence-corrected chi connectivity index (χ1v) is 35.5. The summed E-state index contributed by atoms with van der Waals surface area (Å²) < 4.78 is 72.5. The molecule has 0 spiro atoms. The zero-order valence-electron chi connectivity index (χ0n) is 50.3. The Kier molecular flexibility index (Phi) is 20.7. The summed E-state index contributed by atoms with van der Waals surface area (Å²) in [5.41, 5.74) is 5.50. The highest BCUT2D eigenvalue weighted by molar-refractivity contribution is 8.44. The standard InChI is InChI=1S/C60H64N14O17P2S2/c75-44(18-19-48(79)72-25-37-13-5-4-11-35(37)16-17-36-12-6-7-15-41(36)72)62-22-45(76)63-24-47(78)71-39(21-34-9-2-1-3-10-34)58(82)64-23-46(77)70-33-85-27-40-50-57(68-30-65-40)74(32-69-50)60-54-51(80)42(88-60)28-86-92(83,94)90-53-43(29-87-93(84,95)91-54)89-59(52(53)81)73-26-38-14-8-20-61-55-49(38)56(73)67-31-66-55/h1-7,9-13,15,26,30-32,39,42-43,51-54,59-60,80-81H,8,14,18-25,27-29,33H2,(H,62,75)(H,63,76)(H,64,82)(H,70,77)(H,71,78)(H,83,94)(H,84,95)(H,61,66,67)/t39-,42+,43+,51+,52+,53+,54+,59+,60+,92?,93?/m0/s1. The Morgan fingerprint density at radius 1 is 0.695 bits per heavy atom. The maximum atomic E-state index is 14.1. The van der Waals surface area contributed by atoms with Crippen molar-refractivity contribution in [2.45, 2.75) is 100 Å². The number of carbonyl (C=O) groups excluding carboxylic acids is 6. The summed E-state index contributed by atoms with van der Waals surface area (Å²) in [5.74, 6) is 3.20. The van der Waals surface area contributed by atoms with E-state index in [1.807, 2.05) is 36.4 Å². The Morgan fingerprint density at radius 3 is 2.19 bits per heavy atom. The third-order valence-corrected chi connectivity index (χ3v) is 19.4. The molecule has 0 saturated carbocycles. The number of rotatable bonds is 19. The van der Waals surface area contributed by atoms with Gasteiger partial charge in [0.2, 0.25) is 35.4 Å². The van der Waals surface area contributed by atoms with Crippen molar-refractivity contribution >= 4 is 107 Å². The fraction of sp³-hybridized carbons (Fsp3) is 0.383. The minimum Gasteiger partial charge on any atom is -0.387 e. The Hall–Kier alpha value is -8.19. The third-order valence-electron chi connectivity index (χ3n) is 16.1. The average molecular weight is 1380 g/mol. The summed E-state index contributed by atoms with van der Waals surface area (Å²) >= 11 is 8.45. The molecule has 8 N–H and O–H groups in total. The van der Waals surface area contributed by atoms with Crippen LogP contribution < -0.4 is 36.8 Å². The summed E-state index contributed by atoms with van der Waals surface area (Å²) in [5, 5.41) is 39.9. The number of carbonyl (C=O) groups is 6. The van der Waals surface area contributed by atoms with Gasteiger partial charge in [0.25, 0.3) is 0 Å². The zero-order valence-corrected chi connectivity index (χ0v) is 53.9. The molecule has 0 aliphatic carbocycles. The lowest BCUT2D eigenvalue weighted by molar-refractivity contribution is -0.131. The minimum absolute atomic E-state index is 0.0155. The van der Waals surface area contributed by atoms with Crippen LogP contribution in [-0.4, -0.2) is 168 Å². The summed E-state index contributed by atoms with van der Waals surface area (Å²) in [6, 6.07) is 22.3. The van der Waals surface area contributed by atoms with Crippen LogP contribution in [0.1, 0.15) is 65.2 Å². The number of amides is 6. The Balaban J connectivity index is 0.608. The fourth-order valence-electron chi connectivity index (χ4n) is 11.5. The number of imidazole rings is 1. The molecule has 12 rings (SSSR count). The molecule has 0 radical (unpaired) electrons. The summed E-state index contributed by atoms with van der Waals surface area (Å²) in [4.78, 5) is 103. The number of ether oxygens (including phenoxy) is 3. The van der Waals surface area contributed by atoms with Gasteiger partial charge in [0, 0.05) is 43.1 Å². The van der Waals surface area contributed by atoms with Crippen molar-refractivity contribution in [2.75, 3.05) is 56.3 Å². The highest BCUT2D eigenvalue weighted by Crippen LogP contribution is 2.60. The highest BCUT2D eigenvalue weighted by Gasteiger charge is 2.53. The lowest BCUT2D eigenvalue weighted by Gasteiger charge is -2.26. The van der Waals surface area contributed by atoms with Gasteiger partial charge in [-0.25, -0.2) is 34.0 Å². The topological polar surface area (TPSA) is 391 Å². The molecule has 6 amide bonds. The lowest BCUT2D eigenvalue weighted by atomic mass is 10.0. The molecule has 35 heteroatoms. The monoisotopic (exact) mass is 1380 g/mol. The van der Waals surface area contributed by atoms with Crippen LogP contribution in [0.2, 0.25) is 0 Å². The molecule has 7 aromatic rings. The average Bonchev–Trinajstić information content (AvgIpc) is 1.61. The first-order valence-electron chi connectivity index (χ1n) is 30.1. The smallest absolute Gasteiger partial charge is 0.386 e. The van der Waals surface area contributed by atoms with Gasteiger partial charge in [-0.3, -0.25) is 51.4 Å². The van der Waals surface area contributed by atoms with Crippen molar-refractivity contribution in [3.63, 3.8) is 0 Å². The number of hydrogen-bond donors (Lipinski definition) is 10. The summed E-state index contributed by atoms with van der Waals surface area (Å²) in [6.45, 7) is -11.4. The van der Waals surface area contributed by atoms with Crippen molar-refractivity contribution < 1.29 is 80.4 Å². The molecule has 31 nitrogen and oxygen atoms in total. The molecule has 95 heavy (non-hydrogen) atoms. The third kappa shape index (κ3) is 15.7. The van der Waals surface area contributed by atoms with Crippen LogP contribution in [0.5, 0.6) is 0 Å². The molecule has 9 heterocycles. The highest BCUT2D eigenvalue weighted by atomic mass is 32.7. The second-order valence-corrected chi connectivity index (χ2v) is 28.3. The Morgan fingerprint density at radius 2 is 1.37 bits per heavy atom. The van der Waals surface area contributed by atoms with E-state index in [0.29, 0.717) is 41.2 Å².